The number of carbonyl (C=O) groups is 1. The zero-order valence-electron chi connectivity index (χ0n) is 15.6. The van der Waals surface area contributed by atoms with Crippen molar-refractivity contribution in [3.8, 4) is 11.3 Å². The molecule has 3 aromatic rings. The topological polar surface area (TPSA) is 31.2 Å². The smallest absolute Gasteiger partial charge is 0.339 e. The molecule has 0 saturated heterocycles. The van der Waals surface area contributed by atoms with Crippen LogP contribution in [0.15, 0.2) is 66.7 Å². The molecular formula is C23H25NO2. The highest BCUT2D eigenvalue weighted by Gasteiger charge is 2.24. The van der Waals surface area contributed by atoms with Gasteiger partial charge in [-0.3, -0.25) is 0 Å². The fourth-order valence-electron chi connectivity index (χ4n) is 3.34. The Morgan fingerprint density at radius 3 is 2.19 bits per heavy atom. The molecule has 0 fully saturated rings. The second-order valence-corrected chi connectivity index (χ2v) is 6.64. The maximum absolute atomic E-state index is 12.6. The maximum Gasteiger partial charge on any atom is 0.339 e. The molecule has 1 aromatic heterocycles. The van der Waals surface area contributed by atoms with E-state index < -0.39 is 0 Å². The molecule has 1 heterocycles. The second-order valence-electron chi connectivity index (χ2n) is 6.64. The van der Waals surface area contributed by atoms with Crippen molar-refractivity contribution in [3.05, 3.63) is 83.6 Å². The highest BCUT2D eigenvalue weighted by molar-refractivity contribution is 5.93. The summed E-state index contributed by atoms with van der Waals surface area (Å²) in [7, 11) is 0. The van der Waals surface area contributed by atoms with E-state index >= 15 is 0 Å². The predicted molar refractivity (Wildman–Crippen MR) is 105 cm³/mol. The average Bonchev–Trinajstić information content (AvgIpc) is 3.03. The summed E-state index contributed by atoms with van der Waals surface area (Å²) >= 11 is 0. The maximum atomic E-state index is 12.6. The van der Waals surface area contributed by atoms with Crippen molar-refractivity contribution < 1.29 is 9.53 Å². The summed E-state index contributed by atoms with van der Waals surface area (Å²) in [6.07, 6.45) is 0. The second kappa shape index (κ2) is 8.05. The molecule has 3 heteroatoms. The Labute approximate surface area is 155 Å². The van der Waals surface area contributed by atoms with Crippen LogP contribution in [0.2, 0.25) is 0 Å². The van der Waals surface area contributed by atoms with Crippen LogP contribution in [0.1, 0.15) is 48.3 Å². The van der Waals surface area contributed by atoms with Gasteiger partial charge >= 0.3 is 5.97 Å². The fraction of sp³-hybridized carbons (Fsp3) is 0.261. The zero-order valence-corrected chi connectivity index (χ0v) is 15.6. The summed E-state index contributed by atoms with van der Waals surface area (Å²) in [5, 5.41) is 0. The van der Waals surface area contributed by atoms with Crippen molar-refractivity contribution in [1.82, 2.24) is 4.57 Å². The Kier molecular flexibility index (Phi) is 5.57. The standard InChI is InChI=1S/C23H25NO2/c1-4-26-23(25)20-15-21(19-13-9-6-10-14-19)24(22(20)17(2)3)16-18-11-7-5-8-12-18/h5-15,17H,4,16H2,1-3H3. The van der Waals surface area contributed by atoms with Crippen LogP contribution in [0.5, 0.6) is 0 Å². The van der Waals surface area contributed by atoms with E-state index in [1.807, 2.05) is 49.4 Å². The molecule has 2 aromatic carbocycles. The van der Waals surface area contributed by atoms with E-state index in [2.05, 4.69) is 42.7 Å². The third kappa shape index (κ3) is 3.72. The van der Waals surface area contributed by atoms with E-state index in [4.69, 9.17) is 4.74 Å². The van der Waals surface area contributed by atoms with Gasteiger partial charge in [0.05, 0.1) is 12.2 Å². The first-order valence-corrected chi connectivity index (χ1v) is 9.11. The summed E-state index contributed by atoms with van der Waals surface area (Å²) in [5.74, 6) is -0.0456. The van der Waals surface area contributed by atoms with Gasteiger partial charge in [0, 0.05) is 17.9 Å². The Morgan fingerprint density at radius 2 is 1.62 bits per heavy atom. The van der Waals surface area contributed by atoms with Gasteiger partial charge in [-0.2, -0.15) is 0 Å². The lowest BCUT2D eigenvalue weighted by molar-refractivity contribution is 0.0524. The predicted octanol–water partition coefficient (Wildman–Crippen LogP) is 5.50. The number of nitrogens with zero attached hydrogens (tertiary/aromatic N) is 1. The molecule has 26 heavy (non-hydrogen) atoms. The van der Waals surface area contributed by atoms with Crippen LogP contribution >= 0.6 is 0 Å². The molecule has 0 aliphatic rings. The van der Waals surface area contributed by atoms with Crippen molar-refractivity contribution in [2.75, 3.05) is 6.61 Å². The monoisotopic (exact) mass is 347 g/mol. The lowest BCUT2D eigenvalue weighted by Crippen LogP contribution is -2.12. The third-order valence-electron chi connectivity index (χ3n) is 4.43. The summed E-state index contributed by atoms with van der Waals surface area (Å²) in [6, 6.07) is 22.5. The highest BCUT2D eigenvalue weighted by atomic mass is 16.5. The van der Waals surface area contributed by atoms with E-state index in [-0.39, 0.29) is 11.9 Å². The highest BCUT2D eigenvalue weighted by Crippen LogP contribution is 2.32. The third-order valence-corrected chi connectivity index (χ3v) is 4.43. The number of aromatic nitrogens is 1. The molecule has 0 radical (unpaired) electrons. The Bertz CT molecular complexity index is 864. The molecule has 134 valence electrons. The van der Waals surface area contributed by atoms with E-state index in [9.17, 15) is 4.79 Å². The van der Waals surface area contributed by atoms with Gasteiger partial charge in [0.2, 0.25) is 0 Å². The minimum atomic E-state index is -0.250. The van der Waals surface area contributed by atoms with E-state index in [1.54, 1.807) is 0 Å². The number of esters is 1. The van der Waals surface area contributed by atoms with Crippen molar-refractivity contribution in [2.45, 2.75) is 33.2 Å². The van der Waals surface area contributed by atoms with E-state index in [0.29, 0.717) is 12.2 Å². The SMILES string of the molecule is CCOC(=O)c1cc(-c2ccccc2)n(Cc2ccccc2)c1C(C)C. The van der Waals surface area contributed by atoms with E-state index in [0.717, 1.165) is 23.5 Å². The molecule has 0 amide bonds. The number of hydrogen-bond donors (Lipinski definition) is 0. The van der Waals surface area contributed by atoms with Crippen molar-refractivity contribution in [3.63, 3.8) is 0 Å². The van der Waals surface area contributed by atoms with Crippen LogP contribution in [0, 0.1) is 0 Å². The summed E-state index contributed by atoms with van der Waals surface area (Å²) in [5.41, 5.74) is 5.03. The molecule has 0 aliphatic carbocycles. The van der Waals surface area contributed by atoms with Crippen molar-refractivity contribution >= 4 is 5.97 Å². The number of rotatable bonds is 6. The molecule has 0 saturated carbocycles. The minimum Gasteiger partial charge on any atom is -0.462 e. The lowest BCUT2D eigenvalue weighted by Gasteiger charge is -2.17. The number of ether oxygens (including phenoxy) is 1. The fourth-order valence-corrected chi connectivity index (χ4v) is 3.34. The van der Waals surface area contributed by atoms with Gasteiger partial charge < -0.3 is 9.30 Å². The summed E-state index contributed by atoms with van der Waals surface area (Å²) in [6.45, 7) is 7.17. The van der Waals surface area contributed by atoms with E-state index in [1.165, 1.54) is 5.56 Å². The summed E-state index contributed by atoms with van der Waals surface area (Å²) < 4.78 is 7.57. The van der Waals surface area contributed by atoms with Crippen LogP contribution < -0.4 is 0 Å². The van der Waals surface area contributed by atoms with Crippen LogP contribution in [0.25, 0.3) is 11.3 Å². The van der Waals surface area contributed by atoms with Gasteiger partial charge in [-0.1, -0.05) is 74.5 Å². The van der Waals surface area contributed by atoms with Gasteiger partial charge in [-0.15, -0.1) is 0 Å². The molecule has 0 aliphatic heterocycles. The molecule has 0 N–H and O–H groups in total. The zero-order chi connectivity index (χ0) is 18.5. The van der Waals surface area contributed by atoms with Crippen LogP contribution in [0.3, 0.4) is 0 Å². The lowest BCUT2D eigenvalue weighted by atomic mass is 10.1. The molecule has 0 unspecified atom stereocenters. The molecule has 3 nitrogen and oxygen atoms in total. The summed E-state index contributed by atoms with van der Waals surface area (Å²) in [4.78, 5) is 12.6. The van der Waals surface area contributed by atoms with Crippen molar-refractivity contribution in [2.24, 2.45) is 0 Å². The van der Waals surface area contributed by atoms with Crippen LogP contribution in [-0.4, -0.2) is 17.1 Å². The molecule has 0 spiro atoms. The van der Waals surface area contributed by atoms with Gasteiger partial charge in [0.1, 0.15) is 0 Å². The number of benzene rings is 2. The first-order chi connectivity index (χ1) is 12.6. The number of hydrogen-bond acceptors (Lipinski definition) is 2. The molecule has 3 rings (SSSR count). The first kappa shape index (κ1) is 18.0. The minimum absolute atomic E-state index is 0.204. The Morgan fingerprint density at radius 1 is 1.00 bits per heavy atom. The Balaban J connectivity index is 2.18. The quantitative estimate of drug-likeness (QED) is 0.551. The average molecular weight is 347 g/mol. The molecular weight excluding hydrogens is 322 g/mol. The molecule has 0 bridgehead atoms. The van der Waals surface area contributed by atoms with Gasteiger partial charge in [-0.25, -0.2) is 4.79 Å². The van der Waals surface area contributed by atoms with Crippen molar-refractivity contribution in [1.29, 1.82) is 0 Å². The largest absolute Gasteiger partial charge is 0.462 e. The Hall–Kier alpha value is -2.81. The number of carbonyl (C=O) groups excluding carboxylic acids is 1. The van der Waals surface area contributed by atoms with Gasteiger partial charge in [0.15, 0.2) is 0 Å². The van der Waals surface area contributed by atoms with Gasteiger partial charge in [-0.05, 0) is 30.0 Å². The van der Waals surface area contributed by atoms with Crippen LogP contribution in [0.4, 0.5) is 0 Å². The first-order valence-electron chi connectivity index (χ1n) is 9.11. The molecule has 0 atom stereocenters. The normalized spacial score (nSPS) is 10.9. The van der Waals surface area contributed by atoms with Gasteiger partial charge in [0.25, 0.3) is 0 Å². The van der Waals surface area contributed by atoms with Crippen LogP contribution in [-0.2, 0) is 11.3 Å².